The van der Waals surface area contributed by atoms with Crippen LogP contribution in [0.25, 0.3) is 0 Å². The molecule has 0 amide bonds. The van der Waals surface area contributed by atoms with Gasteiger partial charge in [0.15, 0.2) is 9.84 Å². The van der Waals surface area contributed by atoms with Crippen LogP contribution in [0.15, 0.2) is 6.20 Å². The van der Waals surface area contributed by atoms with E-state index in [9.17, 15) is 8.42 Å². The molecule has 2 heterocycles. The van der Waals surface area contributed by atoms with Crippen molar-refractivity contribution in [1.82, 2.24) is 20.3 Å². The number of aryl methyl sites for hydroxylation is 1. The minimum Gasteiger partial charge on any atom is -0.311 e. The van der Waals surface area contributed by atoms with Crippen molar-refractivity contribution in [3.8, 4) is 0 Å². The van der Waals surface area contributed by atoms with Gasteiger partial charge in [-0.25, -0.2) is 8.42 Å². The molecule has 90 valence electrons. The topological polar surface area (TPSA) is 76.9 Å². The third kappa shape index (κ3) is 2.79. The fourth-order valence-corrected chi connectivity index (χ4v) is 3.77. The maximum atomic E-state index is 11.2. The minimum atomic E-state index is -2.76. The molecule has 1 atom stereocenters. The fourth-order valence-electron chi connectivity index (χ4n) is 1.91. The highest BCUT2D eigenvalue weighted by Gasteiger charge is 2.27. The van der Waals surface area contributed by atoms with Gasteiger partial charge in [0.2, 0.25) is 0 Å². The molecular formula is C9H16N4O2S. The van der Waals surface area contributed by atoms with Gasteiger partial charge in [0.25, 0.3) is 0 Å². The number of rotatable bonds is 4. The van der Waals surface area contributed by atoms with Crippen LogP contribution in [-0.4, -0.2) is 41.5 Å². The molecule has 1 aliphatic rings. The molecule has 1 N–H and O–H groups in total. The van der Waals surface area contributed by atoms with E-state index in [1.54, 1.807) is 10.9 Å². The number of hydrogen-bond acceptors (Lipinski definition) is 5. The van der Waals surface area contributed by atoms with Crippen LogP contribution in [0, 0.1) is 5.92 Å². The molecule has 1 saturated heterocycles. The summed E-state index contributed by atoms with van der Waals surface area (Å²) in [6, 6.07) is 0. The molecule has 0 radical (unpaired) electrons. The van der Waals surface area contributed by atoms with Crippen molar-refractivity contribution >= 4 is 9.84 Å². The number of hydrogen-bond donors (Lipinski definition) is 1. The van der Waals surface area contributed by atoms with Gasteiger partial charge in [0.1, 0.15) is 0 Å². The first-order valence-corrected chi connectivity index (χ1v) is 7.14. The molecule has 1 fully saturated rings. The number of nitrogens with zero attached hydrogens (tertiary/aromatic N) is 3. The third-order valence-electron chi connectivity index (χ3n) is 2.87. The lowest BCUT2D eigenvalue weighted by Crippen LogP contribution is -2.24. The number of aromatic nitrogens is 3. The first kappa shape index (κ1) is 11.5. The molecule has 7 heteroatoms. The van der Waals surface area contributed by atoms with E-state index in [1.165, 1.54) is 0 Å². The standard InChI is InChI=1S/C9H16N4O2S/c1-13-9(6-11-12-13)5-10-4-8-2-3-16(14,15)7-8/h6,8,10H,2-5,7H2,1H3. The van der Waals surface area contributed by atoms with Gasteiger partial charge in [-0.1, -0.05) is 5.21 Å². The summed E-state index contributed by atoms with van der Waals surface area (Å²) >= 11 is 0. The molecule has 1 aliphatic heterocycles. The predicted molar refractivity (Wildman–Crippen MR) is 59.5 cm³/mol. The van der Waals surface area contributed by atoms with Gasteiger partial charge < -0.3 is 5.32 Å². The normalized spacial score (nSPS) is 23.7. The van der Waals surface area contributed by atoms with Crippen molar-refractivity contribution in [3.05, 3.63) is 11.9 Å². The van der Waals surface area contributed by atoms with Gasteiger partial charge in [0, 0.05) is 13.6 Å². The Kier molecular flexibility index (Phi) is 3.25. The largest absolute Gasteiger partial charge is 0.311 e. The Labute approximate surface area is 95.0 Å². The van der Waals surface area contributed by atoms with E-state index in [0.717, 1.165) is 18.7 Å². The third-order valence-corrected chi connectivity index (χ3v) is 4.71. The lowest BCUT2D eigenvalue weighted by atomic mass is 10.1. The van der Waals surface area contributed by atoms with Crippen molar-refractivity contribution in [2.45, 2.75) is 13.0 Å². The van der Waals surface area contributed by atoms with Crippen LogP contribution in [0.4, 0.5) is 0 Å². The SMILES string of the molecule is Cn1nncc1CNCC1CCS(=O)(=O)C1. The molecule has 1 aromatic heterocycles. The second kappa shape index (κ2) is 4.50. The highest BCUT2D eigenvalue weighted by atomic mass is 32.2. The van der Waals surface area contributed by atoms with E-state index in [0.29, 0.717) is 18.1 Å². The molecule has 0 aliphatic carbocycles. The van der Waals surface area contributed by atoms with Crippen LogP contribution >= 0.6 is 0 Å². The monoisotopic (exact) mass is 244 g/mol. The maximum absolute atomic E-state index is 11.2. The minimum absolute atomic E-state index is 0.256. The van der Waals surface area contributed by atoms with Gasteiger partial charge in [-0.3, -0.25) is 4.68 Å². The second-order valence-electron chi connectivity index (χ2n) is 4.25. The van der Waals surface area contributed by atoms with Gasteiger partial charge in [-0.05, 0) is 18.9 Å². The summed E-state index contributed by atoms with van der Waals surface area (Å²) < 4.78 is 24.2. The Morgan fingerprint density at radius 1 is 1.62 bits per heavy atom. The lowest BCUT2D eigenvalue weighted by molar-refractivity contribution is 0.509. The summed E-state index contributed by atoms with van der Waals surface area (Å²) in [5.74, 6) is 0.919. The first-order valence-electron chi connectivity index (χ1n) is 5.31. The molecule has 2 rings (SSSR count). The van der Waals surface area contributed by atoms with Crippen LogP contribution in [0.1, 0.15) is 12.1 Å². The zero-order valence-corrected chi connectivity index (χ0v) is 10.1. The molecular weight excluding hydrogens is 228 g/mol. The fraction of sp³-hybridized carbons (Fsp3) is 0.778. The summed E-state index contributed by atoms with van der Waals surface area (Å²) in [5.41, 5.74) is 1.00. The van der Waals surface area contributed by atoms with E-state index in [4.69, 9.17) is 0 Å². The van der Waals surface area contributed by atoms with E-state index >= 15 is 0 Å². The van der Waals surface area contributed by atoms with Crippen molar-refractivity contribution in [2.75, 3.05) is 18.1 Å². The smallest absolute Gasteiger partial charge is 0.150 e. The quantitative estimate of drug-likeness (QED) is 0.761. The van der Waals surface area contributed by atoms with Crippen LogP contribution < -0.4 is 5.32 Å². The highest BCUT2D eigenvalue weighted by Crippen LogP contribution is 2.17. The van der Waals surface area contributed by atoms with Crippen molar-refractivity contribution in [2.24, 2.45) is 13.0 Å². The summed E-state index contributed by atoms with van der Waals surface area (Å²) in [6.07, 6.45) is 2.48. The van der Waals surface area contributed by atoms with Crippen LogP contribution in [0.3, 0.4) is 0 Å². The Balaban J connectivity index is 1.75. The molecule has 0 bridgehead atoms. The maximum Gasteiger partial charge on any atom is 0.150 e. The molecule has 0 saturated carbocycles. The summed E-state index contributed by atoms with van der Waals surface area (Å²) in [4.78, 5) is 0. The Morgan fingerprint density at radius 3 is 3.00 bits per heavy atom. The van der Waals surface area contributed by atoms with E-state index in [-0.39, 0.29) is 5.92 Å². The van der Waals surface area contributed by atoms with Gasteiger partial charge in [0.05, 0.1) is 23.4 Å². The van der Waals surface area contributed by atoms with Crippen LogP contribution in [-0.2, 0) is 23.4 Å². The van der Waals surface area contributed by atoms with Crippen molar-refractivity contribution in [3.63, 3.8) is 0 Å². The van der Waals surface area contributed by atoms with Crippen molar-refractivity contribution < 1.29 is 8.42 Å². The van der Waals surface area contributed by atoms with E-state index in [1.807, 2.05) is 7.05 Å². The summed E-state index contributed by atoms with van der Waals surface area (Å²) in [6.45, 7) is 1.42. The number of nitrogens with one attached hydrogen (secondary N) is 1. The van der Waals surface area contributed by atoms with Gasteiger partial charge >= 0.3 is 0 Å². The zero-order valence-electron chi connectivity index (χ0n) is 9.26. The van der Waals surface area contributed by atoms with Crippen molar-refractivity contribution in [1.29, 1.82) is 0 Å². The second-order valence-corrected chi connectivity index (χ2v) is 6.48. The summed E-state index contributed by atoms with van der Waals surface area (Å²) in [5, 5.41) is 10.8. The Hall–Kier alpha value is -0.950. The zero-order chi connectivity index (χ0) is 11.6. The first-order chi connectivity index (χ1) is 7.57. The molecule has 0 spiro atoms. The van der Waals surface area contributed by atoms with E-state index < -0.39 is 9.84 Å². The Morgan fingerprint density at radius 2 is 2.44 bits per heavy atom. The van der Waals surface area contributed by atoms with E-state index in [2.05, 4.69) is 15.6 Å². The van der Waals surface area contributed by atoms with Gasteiger partial charge in [-0.2, -0.15) is 0 Å². The molecule has 0 aromatic carbocycles. The number of sulfone groups is 1. The summed E-state index contributed by atoms with van der Waals surface area (Å²) in [7, 11) is -0.920. The average Bonchev–Trinajstić information content (AvgIpc) is 2.74. The highest BCUT2D eigenvalue weighted by molar-refractivity contribution is 7.91. The van der Waals surface area contributed by atoms with Crippen LogP contribution in [0.5, 0.6) is 0 Å². The molecule has 16 heavy (non-hydrogen) atoms. The lowest BCUT2D eigenvalue weighted by Gasteiger charge is -2.08. The van der Waals surface area contributed by atoms with Crippen LogP contribution in [0.2, 0.25) is 0 Å². The molecule has 6 nitrogen and oxygen atoms in total. The predicted octanol–water partition coefficient (Wildman–Crippen LogP) is -0.661. The molecule has 1 unspecified atom stereocenters. The average molecular weight is 244 g/mol. The molecule has 1 aromatic rings. The Bertz CT molecular complexity index is 454. The van der Waals surface area contributed by atoms with Gasteiger partial charge in [-0.15, -0.1) is 5.10 Å².